The minimum Gasteiger partial charge on any atom is -0.441 e. The van der Waals surface area contributed by atoms with Crippen LogP contribution in [0.15, 0.2) is 82.8 Å². The fraction of sp³-hybridized carbons (Fsp3) is 0.192. The van der Waals surface area contributed by atoms with E-state index in [1.54, 1.807) is 30.3 Å². The second kappa shape index (κ2) is 9.03. The highest BCUT2D eigenvalue weighted by Crippen LogP contribution is 2.31. The third kappa shape index (κ3) is 4.07. The van der Waals surface area contributed by atoms with Crippen LogP contribution in [0.1, 0.15) is 25.0 Å². The summed E-state index contributed by atoms with van der Waals surface area (Å²) in [5, 5.41) is 0.119. The number of amides is 2. The number of carbonyl (C=O) groups is 2. The lowest BCUT2D eigenvalue weighted by molar-refractivity contribution is -0.120. The maximum absolute atomic E-state index is 13.5. The van der Waals surface area contributed by atoms with Gasteiger partial charge in [-0.3, -0.25) is 19.4 Å². The van der Waals surface area contributed by atoms with Crippen molar-refractivity contribution in [3.05, 3.63) is 84.1 Å². The van der Waals surface area contributed by atoms with Gasteiger partial charge in [0.15, 0.2) is 11.0 Å². The summed E-state index contributed by atoms with van der Waals surface area (Å²) in [5.41, 5.74) is 1.19. The first-order valence-corrected chi connectivity index (χ1v) is 11.4. The number of piperidine rings is 1. The molecule has 33 heavy (non-hydrogen) atoms. The van der Waals surface area contributed by atoms with Crippen molar-refractivity contribution in [2.75, 3.05) is 27.8 Å². The van der Waals surface area contributed by atoms with Gasteiger partial charge in [0, 0.05) is 19.2 Å². The molecule has 2 saturated heterocycles. The number of para-hydroxylation sites is 2. The molecule has 2 amide bonds. The largest absolute Gasteiger partial charge is 0.441 e. The van der Waals surface area contributed by atoms with E-state index in [0.29, 0.717) is 17.1 Å². The zero-order valence-electron chi connectivity index (χ0n) is 18.0. The summed E-state index contributed by atoms with van der Waals surface area (Å²) in [6, 6.07) is 21.9. The topological polar surface area (TPSA) is 57.0 Å². The van der Waals surface area contributed by atoms with Gasteiger partial charge in [0.25, 0.3) is 11.8 Å². The number of benzene rings is 2. The molecule has 0 N–H and O–H groups in total. The minimum absolute atomic E-state index is 0.00384. The Balaban J connectivity index is 1.55. The van der Waals surface area contributed by atoms with E-state index >= 15 is 0 Å². The Morgan fingerprint density at radius 3 is 1.82 bits per heavy atom. The smallest absolute Gasteiger partial charge is 0.270 e. The van der Waals surface area contributed by atoms with Crippen molar-refractivity contribution in [2.45, 2.75) is 19.3 Å². The summed E-state index contributed by atoms with van der Waals surface area (Å²) >= 11 is 5.63. The molecule has 5 rings (SSSR count). The summed E-state index contributed by atoms with van der Waals surface area (Å²) < 4.78 is 6.01. The van der Waals surface area contributed by atoms with E-state index in [-0.39, 0.29) is 10.7 Å². The number of hydrogen-bond donors (Lipinski definition) is 0. The summed E-state index contributed by atoms with van der Waals surface area (Å²) in [7, 11) is 0. The first-order chi connectivity index (χ1) is 16.1. The number of carbonyl (C=O) groups excluding carboxylic acids is 2. The van der Waals surface area contributed by atoms with Crippen molar-refractivity contribution in [3.8, 4) is 0 Å². The molecule has 0 saturated carbocycles. The van der Waals surface area contributed by atoms with Gasteiger partial charge in [-0.1, -0.05) is 36.4 Å². The number of furan rings is 1. The highest BCUT2D eigenvalue weighted by Gasteiger charge is 2.41. The van der Waals surface area contributed by atoms with Gasteiger partial charge in [0.2, 0.25) is 0 Å². The van der Waals surface area contributed by atoms with E-state index in [1.165, 1.54) is 22.3 Å². The summed E-state index contributed by atoms with van der Waals surface area (Å²) in [6.07, 6.45) is 5.00. The minimum atomic E-state index is -0.473. The molecule has 166 valence electrons. The van der Waals surface area contributed by atoms with Crippen LogP contribution in [-0.2, 0) is 9.59 Å². The van der Waals surface area contributed by atoms with Crippen LogP contribution in [0.5, 0.6) is 0 Å². The van der Waals surface area contributed by atoms with Gasteiger partial charge in [-0.15, -0.1) is 0 Å². The summed E-state index contributed by atoms with van der Waals surface area (Å²) in [4.78, 5) is 32.0. The van der Waals surface area contributed by atoms with Gasteiger partial charge in [0.1, 0.15) is 11.3 Å². The van der Waals surface area contributed by atoms with E-state index in [4.69, 9.17) is 16.6 Å². The molecule has 7 heteroatoms. The summed E-state index contributed by atoms with van der Waals surface area (Å²) in [6.45, 7) is 1.89. The predicted octanol–water partition coefficient (Wildman–Crippen LogP) is 5.02. The average Bonchev–Trinajstić information content (AvgIpc) is 3.33. The van der Waals surface area contributed by atoms with E-state index in [0.717, 1.165) is 31.8 Å². The highest BCUT2D eigenvalue weighted by atomic mass is 32.1. The SMILES string of the molecule is O=C1C(=Cc2ccc(N3CCCCC3)o2)C(=O)N(c2ccccc2)C(=S)N1c1ccccc1. The lowest BCUT2D eigenvalue weighted by atomic mass is 10.1. The lowest BCUT2D eigenvalue weighted by Gasteiger charge is -2.36. The van der Waals surface area contributed by atoms with Crippen LogP contribution in [0.3, 0.4) is 0 Å². The van der Waals surface area contributed by atoms with Crippen LogP contribution in [-0.4, -0.2) is 30.0 Å². The number of nitrogens with zero attached hydrogens (tertiary/aromatic N) is 3. The van der Waals surface area contributed by atoms with Crippen molar-refractivity contribution in [2.24, 2.45) is 0 Å². The molecule has 0 bridgehead atoms. The van der Waals surface area contributed by atoms with E-state index in [1.807, 2.05) is 42.5 Å². The molecule has 2 aromatic carbocycles. The Kier molecular flexibility index (Phi) is 5.79. The van der Waals surface area contributed by atoms with Gasteiger partial charge in [-0.2, -0.15) is 0 Å². The molecule has 0 unspecified atom stereocenters. The lowest BCUT2D eigenvalue weighted by Crippen LogP contribution is -2.56. The van der Waals surface area contributed by atoms with E-state index < -0.39 is 11.8 Å². The van der Waals surface area contributed by atoms with Crippen molar-refractivity contribution < 1.29 is 14.0 Å². The molecule has 3 aromatic rings. The molecule has 0 atom stereocenters. The van der Waals surface area contributed by atoms with Crippen LogP contribution in [0.25, 0.3) is 6.08 Å². The molecule has 1 aromatic heterocycles. The molecule has 6 nitrogen and oxygen atoms in total. The third-order valence-corrected chi connectivity index (χ3v) is 6.21. The molecule has 0 aliphatic carbocycles. The van der Waals surface area contributed by atoms with Crippen LogP contribution in [0.2, 0.25) is 0 Å². The third-order valence-electron chi connectivity index (χ3n) is 5.85. The van der Waals surface area contributed by atoms with Crippen LogP contribution >= 0.6 is 12.2 Å². The maximum Gasteiger partial charge on any atom is 0.270 e. The molecule has 3 heterocycles. The van der Waals surface area contributed by atoms with Crippen molar-refractivity contribution >= 4 is 52.5 Å². The Hall–Kier alpha value is -3.71. The second-order valence-corrected chi connectivity index (χ2v) is 8.38. The van der Waals surface area contributed by atoms with Gasteiger partial charge >= 0.3 is 0 Å². The average molecular weight is 458 g/mol. The number of rotatable bonds is 4. The zero-order valence-corrected chi connectivity index (χ0v) is 18.8. The van der Waals surface area contributed by atoms with Crippen LogP contribution < -0.4 is 14.7 Å². The van der Waals surface area contributed by atoms with Crippen LogP contribution in [0, 0.1) is 0 Å². The fourth-order valence-electron chi connectivity index (χ4n) is 4.19. The zero-order chi connectivity index (χ0) is 22.8. The van der Waals surface area contributed by atoms with Gasteiger partial charge in [-0.25, -0.2) is 0 Å². The van der Waals surface area contributed by atoms with Crippen molar-refractivity contribution in [1.29, 1.82) is 0 Å². The van der Waals surface area contributed by atoms with Crippen molar-refractivity contribution in [3.63, 3.8) is 0 Å². The fourth-order valence-corrected chi connectivity index (χ4v) is 4.56. The molecular formula is C26H23N3O3S. The standard InChI is InChI=1S/C26H23N3O3S/c30-24-22(18-21-14-15-23(32-21)27-16-8-3-9-17-27)25(31)29(20-12-6-2-7-13-20)26(33)28(24)19-10-4-1-5-11-19/h1-2,4-7,10-15,18H,3,8-9,16-17H2. The Morgan fingerprint density at radius 2 is 1.27 bits per heavy atom. The Morgan fingerprint density at radius 1 is 0.727 bits per heavy atom. The van der Waals surface area contributed by atoms with E-state index in [2.05, 4.69) is 4.90 Å². The molecular weight excluding hydrogens is 434 g/mol. The number of hydrogen-bond acceptors (Lipinski definition) is 5. The monoisotopic (exact) mass is 457 g/mol. The number of anilines is 3. The summed E-state index contributed by atoms with van der Waals surface area (Å²) in [5.74, 6) is 0.271. The molecule has 2 aliphatic heterocycles. The first-order valence-electron chi connectivity index (χ1n) is 11.0. The molecule has 2 fully saturated rings. The van der Waals surface area contributed by atoms with Crippen LogP contribution in [0.4, 0.5) is 17.3 Å². The molecule has 2 aliphatic rings. The Bertz CT molecular complexity index is 1150. The van der Waals surface area contributed by atoms with Gasteiger partial charge in [-0.05, 0) is 67.9 Å². The molecule has 0 radical (unpaired) electrons. The Labute approximate surface area is 197 Å². The quantitative estimate of drug-likeness (QED) is 0.313. The number of thiocarbonyl (C=S) groups is 1. The van der Waals surface area contributed by atoms with Crippen molar-refractivity contribution in [1.82, 2.24) is 0 Å². The first kappa shape index (κ1) is 21.2. The van der Waals surface area contributed by atoms with E-state index in [9.17, 15) is 9.59 Å². The second-order valence-electron chi connectivity index (χ2n) is 8.02. The van der Waals surface area contributed by atoms with Gasteiger partial charge < -0.3 is 9.32 Å². The molecule has 0 spiro atoms. The van der Waals surface area contributed by atoms with Gasteiger partial charge in [0.05, 0.1) is 11.4 Å². The highest BCUT2D eigenvalue weighted by molar-refractivity contribution is 7.81. The maximum atomic E-state index is 13.5. The predicted molar refractivity (Wildman–Crippen MR) is 133 cm³/mol. The normalized spacial score (nSPS) is 17.0.